The Morgan fingerprint density at radius 2 is 2.37 bits per heavy atom. The van der Waals surface area contributed by atoms with Gasteiger partial charge in [-0.2, -0.15) is 4.98 Å². The number of hydrogen-bond donors (Lipinski definition) is 2. The number of hydrogen-bond acceptors (Lipinski definition) is 6. The van der Waals surface area contributed by atoms with Crippen LogP contribution in [0.15, 0.2) is 5.38 Å². The van der Waals surface area contributed by atoms with Gasteiger partial charge in [-0.25, -0.2) is 9.67 Å². The van der Waals surface area contributed by atoms with Gasteiger partial charge in [0.15, 0.2) is 5.13 Å². The molecule has 2 aromatic rings. The number of thiazole rings is 1. The molecule has 0 unspecified atom stereocenters. The number of rotatable bonds is 5. The molecule has 7 nitrogen and oxygen atoms in total. The van der Waals surface area contributed by atoms with Gasteiger partial charge in [-0.3, -0.25) is 4.79 Å². The number of aromatic nitrogens is 4. The van der Waals surface area contributed by atoms with E-state index >= 15 is 0 Å². The molecule has 0 bridgehead atoms. The van der Waals surface area contributed by atoms with Gasteiger partial charge in [0, 0.05) is 19.0 Å². The lowest BCUT2D eigenvalue weighted by atomic mass is 10.2. The fourth-order valence-electron chi connectivity index (χ4n) is 1.45. The first-order chi connectivity index (χ1) is 9.06. The molecule has 102 valence electrons. The third-order valence-electron chi connectivity index (χ3n) is 2.38. The van der Waals surface area contributed by atoms with Crippen LogP contribution in [0.4, 0.5) is 5.13 Å². The van der Waals surface area contributed by atoms with E-state index in [9.17, 15) is 4.79 Å². The number of nitrogens with zero attached hydrogens (tertiary/aromatic N) is 4. The second kappa shape index (κ2) is 5.98. The van der Waals surface area contributed by atoms with Crippen LogP contribution in [-0.2, 0) is 13.5 Å². The van der Waals surface area contributed by atoms with E-state index < -0.39 is 0 Å². The predicted molar refractivity (Wildman–Crippen MR) is 73.2 cm³/mol. The molecule has 0 saturated heterocycles. The molecule has 0 radical (unpaired) electrons. The molecule has 0 aliphatic rings. The Morgan fingerprint density at radius 1 is 1.58 bits per heavy atom. The molecule has 0 aliphatic heterocycles. The van der Waals surface area contributed by atoms with E-state index in [4.69, 9.17) is 17.3 Å². The lowest BCUT2D eigenvalue weighted by molar-refractivity contribution is 0.0942. The third kappa shape index (κ3) is 3.65. The predicted octanol–water partition coefficient (Wildman–Crippen LogP) is 0.870. The van der Waals surface area contributed by atoms with Crippen molar-refractivity contribution in [3.63, 3.8) is 0 Å². The van der Waals surface area contributed by atoms with Crippen molar-refractivity contribution in [2.24, 2.45) is 7.05 Å². The highest BCUT2D eigenvalue weighted by atomic mass is 35.5. The topological polar surface area (TPSA) is 98.7 Å². The monoisotopic (exact) mass is 300 g/mol. The van der Waals surface area contributed by atoms with Crippen LogP contribution in [-0.4, -0.2) is 32.2 Å². The molecule has 9 heteroatoms. The fourth-order valence-corrected chi connectivity index (χ4v) is 2.16. The summed E-state index contributed by atoms with van der Waals surface area (Å²) in [5.41, 5.74) is 6.47. The van der Waals surface area contributed by atoms with Gasteiger partial charge in [-0.1, -0.05) is 0 Å². The minimum atomic E-state index is -0.333. The summed E-state index contributed by atoms with van der Waals surface area (Å²) in [5.74, 6) is -0.259. The number of amides is 1. The van der Waals surface area contributed by atoms with Crippen molar-refractivity contribution < 1.29 is 4.79 Å². The van der Waals surface area contributed by atoms with Crippen LogP contribution < -0.4 is 11.1 Å². The van der Waals surface area contributed by atoms with Crippen LogP contribution in [0, 0.1) is 0 Å². The van der Waals surface area contributed by atoms with Crippen molar-refractivity contribution in [2.45, 2.75) is 12.8 Å². The summed E-state index contributed by atoms with van der Waals surface area (Å²) in [7, 11) is 1.62. The maximum Gasteiger partial charge on any atom is 0.291 e. The molecule has 3 N–H and O–H groups in total. The smallest absolute Gasteiger partial charge is 0.291 e. The summed E-state index contributed by atoms with van der Waals surface area (Å²) in [4.78, 5) is 19.7. The Hall–Kier alpha value is -1.67. The Balaban J connectivity index is 1.75. The van der Waals surface area contributed by atoms with Gasteiger partial charge in [0.05, 0.1) is 5.69 Å². The van der Waals surface area contributed by atoms with Crippen molar-refractivity contribution in [3.8, 4) is 0 Å². The van der Waals surface area contributed by atoms with Gasteiger partial charge in [-0.05, 0) is 24.4 Å². The van der Waals surface area contributed by atoms with Crippen molar-refractivity contribution >= 4 is 34.0 Å². The Bertz CT molecular complexity index is 561. The van der Waals surface area contributed by atoms with E-state index in [0.717, 1.165) is 18.5 Å². The Kier molecular flexibility index (Phi) is 4.33. The number of anilines is 1. The van der Waals surface area contributed by atoms with Gasteiger partial charge in [0.2, 0.25) is 11.1 Å². The van der Waals surface area contributed by atoms with Crippen LogP contribution >= 0.6 is 22.9 Å². The largest absolute Gasteiger partial charge is 0.375 e. The Labute approximate surface area is 118 Å². The molecular formula is C10H13ClN6OS. The van der Waals surface area contributed by atoms with E-state index in [-0.39, 0.29) is 17.0 Å². The lowest BCUT2D eigenvalue weighted by Crippen LogP contribution is -2.26. The summed E-state index contributed by atoms with van der Waals surface area (Å²) < 4.78 is 1.34. The number of nitrogens with one attached hydrogen (secondary N) is 1. The molecule has 2 aromatic heterocycles. The van der Waals surface area contributed by atoms with Gasteiger partial charge in [-0.15, -0.1) is 16.4 Å². The Morgan fingerprint density at radius 3 is 2.95 bits per heavy atom. The minimum absolute atomic E-state index is 0.0744. The number of nitrogen functional groups attached to an aromatic ring is 1. The van der Waals surface area contributed by atoms with Crippen molar-refractivity contribution in [1.82, 2.24) is 25.1 Å². The highest BCUT2D eigenvalue weighted by Crippen LogP contribution is 2.12. The molecule has 2 rings (SSSR count). The molecule has 0 atom stereocenters. The average molecular weight is 301 g/mol. The second-order valence-corrected chi connectivity index (χ2v) is 5.09. The summed E-state index contributed by atoms with van der Waals surface area (Å²) >= 11 is 7.12. The molecule has 19 heavy (non-hydrogen) atoms. The summed E-state index contributed by atoms with van der Waals surface area (Å²) in [6.07, 6.45) is 1.54. The normalized spacial score (nSPS) is 10.6. The third-order valence-corrected chi connectivity index (χ3v) is 3.43. The molecule has 0 saturated carbocycles. The highest BCUT2D eigenvalue weighted by Gasteiger charge is 2.12. The first-order valence-corrected chi connectivity index (χ1v) is 6.86. The van der Waals surface area contributed by atoms with Crippen LogP contribution in [0.5, 0.6) is 0 Å². The number of carbonyl (C=O) groups excluding carboxylic acids is 1. The van der Waals surface area contributed by atoms with Crippen molar-refractivity contribution in [1.29, 1.82) is 0 Å². The SMILES string of the molecule is Cn1nc(C(=O)NCCCc2csc(N)n2)nc1Cl. The molecule has 1 amide bonds. The first kappa shape index (κ1) is 13.8. The van der Waals surface area contributed by atoms with E-state index in [1.54, 1.807) is 7.05 Å². The van der Waals surface area contributed by atoms with E-state index in [2.05, 4.69) is 20.4 Å². The molecule has 2 heterocycles. The van der Waals surface area contributed by atoms with Crippen LogP contribution in [0.3, 0.4) is 0 Å². The maximum absolute atomic E-state index is 11.7. The molecule has 0 spiro atoms. The minimum Gasteiger partial charge on any atom is -0.375 e. The molecule has 0 aliphatic carbocycles. The standard InChI is InChI=1S/C10H13ClN6OS/c1-17-9(11)15-7(16-17)8(18)13-4-2-3-6-5-19-10(12)14-6/h5H,2-4H2,1H3,(H2,12,14)(H,13,18). The number of halogens is 1. The van der Waals surface area contributed by atoms with Crippen molar-refractivity contribution in [2.75, 3.05) is 12.3 Å². The zero-order chi connectivity index (χ0) is 13.8. The van der Waals surface area contributed by atoms with E-state index in [1.807, 2.05) is 5.38 Å². The first-order valence-electron chi connectivity index (χ1n) is 5.61. The van der Waals surface area contributed by atoms with Gasteiger partial charge >= 0.3 is 0 Å². The summed E-state index contributed by atoms with van der Waals surface area (Å²) in [6.45, 7) is 0.520. The van der Waals surface area contributed by atoms with Crippen LogP contribution in [0.2, 0.25) is 5.28 Å². The molecule has 0 fully saturated rings. The maximum atomic E-state index is 11.7. The number of carbonyl (C=O) groups is 1. The quantitative estimate of drug-likeness (QED) is 0.798. The second-order valence-electron chi connectivity index (χ2n) is 3.86. The van der Waals surface area contributed by atoms with Gasteiger partial charge in [0.25, 0.3) is 5.91 Å². The van der Waals surface area contributed by atoms with Crippen LogP contribution in [0.1, 0.15) is 22.7 Å². The number of nitrogens with two attached hydrogens (primary N) is 1. The van der Waals surface area contributed by atoms with E-state index in [1.165, 1.54) is 16.0 Å². The molecule has 0 aromatic carbocycles. The van der Waals surface area contributed by atoms with Gasteiger partial charge in [0.1, 0.15) is 0 Å². The highest BCUT2D eigenvalue weighted by molar-refractivity contribution is 7.13. The van der Waals surface area contributed by atoms with Crippen LogP contribution in [0.25, 0.3) is 0 Å². The average Bonchev–Trinajstić information content (AvgIpc) is 2.92. The fraction of sp³-hybridized carbons (Fsp3) is 0.400. The lowest BCUT2D eigenvalue weighted by Gasteiger charge is -2.00. The van der Waals surface area contributed by atoms with Crippen molar-refractivity contribution in [3.05, 3.63) is 22.2 Å². The van der Waals surface area contributed by atoms with E-state index in [0.29, 0.717) is 11.7 Å². The van der Waals surface area contributed by atoms with Gasteiger partial charge < -0.3 is 11.1 Å². The zero-order valence-corrected chi connectivity index (χ0v) is 11.8. The zero-order valence-electron chi connectivity index (χ0n) is 10.3. The number of aryl methyl sites for hydroxylation is 2. The summed E-state index contributed by atoms with van der Waals surface area (Å²) in [5, 5.41) is 9.27. The molecular weight excluding hydrogens is 288 g/mol. The summed E-state index contributed by atoms with van der Waals surface area (Å²) in [6, 6.07) is 0.